The molecule has 6 nitrogen and oxygen atoms in total. The third-order valence-corrected chi connectivity index (χ3v) is 3.43. The molecule has 0 saturated carbocycles. The van der Waals surface area contributed by atoms with Crippen LogP contribution in [0.25, 0.3) is 0 Å². The van der Waals surface area contributed by atoms with Crippen molar-refractivity contribution in [3.05, 3.63) is 52.9 Å². The van der Waals surface area contributed by atoms with Gasteiger partial charge in [-0.05, 0) is 31.4 Å². The molecule has 1 aromatic carbocycles. The number of aryl methyl sites for hydroxylation is 2. The van der Waals surface area contributed by atoms with Gasteiger partial charge in [0.2, 0.25) is 5.76 Å². The van der Waals surface area contributed by atoms with E-state index in [1.165, 1.54) is 11.6 Å². The van der Waals surface area contributed by atoms with Crippen LogP contribution >= 0.6 is 0 Å². The molecular weight excluding hydrogens is 296 g/mol. The number of hydrogen-bond acceptors (Lipinski definition) is 5. The van der Waals surface area contributed by atoms with E-state index < -0.39 is 5.97 Å². The molecule has 0 spiro atoms. The van der Waals surface area contributed by atoms with Gasteiger partial charge in [0.05, 0.1) is 11.7 Å². The molecular formula is C17H20N2O4. The van der Waals surface area contributed by atoms with Crippen molar-refractivity contribution in [2.75, 3.05) is 6.61 Å². The van der Waals surface area contributed by atoms with Gasteiger partial charge < -0.3 is 14.6 Å². The summed E-state index contributed by atoms with van der Waals surface area (Å²) in [5.74, 6) is -1.10. The molecule has 1 heterocycles. The summed E-state index contributed by atoms with van der Waals surface area (Å²) in [6.45, 7) is 5.29. The summed E-state index contributed by atoms with van der Waals surface area (Å²) in [6.07, 6.45) is 0.970. The van der Waals surface area contributed by atoms with Crippen molar-refractivity contribution < 1.29 is 18.8 Å². The summed E-state index contributed by atoms with van der Waals surface area (Å²) >= 11 is 0. The van der Waals surface area contributed by atoms with E-state index in [0.29, 0.717) is 5.69 Å². The van der Waals surface area contributed by atoms with E-state index in [2.05, 4.69) is 17.4 Å². The summed E-state index contributed by atoms with van der Waals surface area (Å²) in [7, 11) is 0. The number of esters is 1. The van der Waals surface area contributed by atoms with E-state index >= 15 is 0 Å². The lowest BCUT2D eigenvalue weighted by molar-refractivity contribution is -0.124. The Morgan fingerprint density at radius 1 is 1.30 bits per heavy atom. The number of ether oxygens (including phenoxy) is 1. The zero-order chi connectivity index (χ0) is 16.8. The molecule has 0 fully saturated rings. The number of nitrogens with one attached hydrogen (secondary N) is 1. The first kappa shape index (κ1) is 16.7. The van der Waals surface area contributed by atoms with E-state index in [0.717, 1.165) is 12.0 Å². The third kappa shape index (κ3) is 4.67. The SMILES string of the molecule is CCc1ccc([C@H](C)NC(=O)COC(=O)c2cc(C)no2)cc1. The molecule has 0 aliphatic rings. The highest BCUT2D eigenvalue weighted by molar-refractivity contribution is 5.88. The first-order chi connectivity index (χ1) is 11.0. The molecule has 2 aromatic rings. The van der Waals surface area contributed by atoms with Crippen LogP contribution in [0.4, 0.5) is 0 Å². The number of aromatic nitrogens is 1. The van der Waals surface area contributed by atoms with Crippen LogP contribution in [0.2, 0.25) is 0 Å². The number of amides is 1. The van der Waals surface area contributed by atoms with E-state index in [-0.39, 0.29) is 24.3 Å². The van der Waals surface area contributed by atoms with Crippen molar-refractivity contribution in [3.63, 3.8) is 0 Å². The summed E-state index contributed by atoms with van der Waals surface area (Å²) in [5.41, 5.74) is 2.81. The van der Waals surface area contributed by atoms with E-state index in [1.54, 1.807) is 6.92 Å². The van der Waals surface area contributed by atoms with Crippen molar-refractivity contribution in [2.24, 2.45) is 0 Å². The van der Waals surface area contributed by atoms with Crippen molar-refractivity contribution in [2.45, 2.75) is 33.2 Å². The molecule has 1 aromatic heterocycles. The van der Waals surface area contributed by atoms with Crippen molar-refractivity contribution in [1.82, 2.24) is 10.5 Å². The molecule has 23 heavy (non-hydrogen) atoms. The average molecular weight is 316 g/mol. The Bertz CT molecular complexity index is 676. The minimum absolute atomic E-state index is 0.0153. The van der Waals surface area contributed by atoms with Crippen LogP contribution in [0.1, 0.15) is 47.3 Å². The highest BCUT2D eigenvalue weighted by atomic mass is 16.6. The van der Waals surface area contributed by atoms with Crippen LogP contribution in [-0.4, -0.2) is 23.6 Å². The predicted molar refractivity (Wildman–Crippen MR) is 83.9 cm³/mol. The van der Waals surface area contributed by atoms with Gasteiger partial charge in [-0.15, -0.1) is 0 Å². The Morgan fingerprint density at radius 3 is 2.57 bits per heavy atom. The lowest BCUT2D eigenvalue weighted by Gasteiger charge is -2.14. The standard InChI is InChI=1S/C17H20N2O4/c1-4-13-5-7-14(8-6-13)12(3)18-16(20)10-22-17(21)15-9-11(2)19-23-15/h5-9,12H,4,10H2,1-3H3,(H,18,20)/t12-/m0/s1. The molecule has 1 N–H and O–H groups in total. The maximum absolute atomic E-state index is 11.9. The van der Waals surface area contributed by atoms with Gasteiger partial charge in [0, 0.05) is 6.07 Å². The second kappa shape index (κ2) is 7.58. The Morgan fingerprint density at radius 2 is 2.00 bits per heavy atom. The van der Waals surface area contributed by atoms with Crippen LogP contribution in [-0.2, 0) is 16.0 Å². The molecule has 0 radical (unpaired) electrons. The number of rotatable bonds is 6. The van der Waals surface area contributed by atoms with Crippen molar-refractivity contribution in [3.8, 4) is 0 Å². The Labute approximate surface area is 134 Å². The molecule has 122 valence electrons. The zero-order valence-corrected chi connectivity index (χ0v) is 13.5. The second-order valence-corrected chi connectivity index (χ2v) is 5.29. The lowest BCUT2D eigenvalue weighted by Crippen LogP contribution is -2.31. The van der Waals surface area contributed by atoms with Crippen LogP contribution < -0.4 is 5.32 Å². The lowest BCUT2D eigenvalue weighted by atomic mass is 10.1. The summed E-state index contributed by atoms with van der Waals surface area (Å²) in [5, 5.41) is 6.37. The fourth-order valence-electron chi connectivity index (χ4n) is 2.07. The molecule has 0 bridgehead atoms. The van der Waals surface area contributed by atoms with E-state index in [4.69, 9.17) is 9.26 Å². The molecule has 0 aliphatic carbocycles. The van der Waals surface area contributed by atoms with Crippen LogP contribution in [0.5, 0.6) is 0 Å². The number of carbonyl (C=O) groups excluding carboxylic acids is 2. The van der Waals surface area contributed by atoms with Gasteiger partial charge in [0.25, 0.3) is 5.91 Å². The molecule has 6 heteroatoms. The molecule has 1 atom stereocenters. The molecule has 0 aliphatic heterocycles. The van der Waals surface area contributed by atoms with Gasteiger partial charge in [0.1, 0.15) is 0 Å². The van der Waals surface area contributed by atoms with Crippen LogP contribution in [0.15, 0.2) is 34.9 Å². The van der Waals surface area contributed by atoms with Gasteiger partial charge in [-0.3, -0.25) is 4.79 Å². The van der Waals surface area contributed by atoms with Gasteiger partial charge in [-0.1, -0.05) is 36.3 Å². The number of benzene rings is 1. The predicted octanol–water partition coefficient (Wildman–Crippen LogP) is 2.58. The van der Waals surface area contributed by atoms with Crippen molar-refractivity contribution >= 4 is 11.9 Å². The van der Waals surface area contributed by atoms with Crippen LogP contribution in [0, 0.1) is 6.92 Å². The minimum atomic E-state index is -0.708. The molecule has 0 saturated heterocycles. The summed E-state index contributed by atoms with van der Waals surface area (Å²) < 4.78 is 9.67. The molecule has 2 rings (SSSR count). The fraction of sp³-hybridized carbons (Fsp3) is 0.353. The molecule has 1 amide bonds. The largest absolute Gasteiger partial charge is 0.450 e. The van der Waals surface area contributed by atoms with Gasteiger partial charge in [0.15, 0.2) is 6.61 Å². The highest BCUT2D eigenvalue weighted by Crippen LogP contribution is 2.13. The third-order valence-electron chi connectivity index (χ3n) is 3.43. The summed E-state index contributed by atoms with van der Waals surface area (Å²) in [6, 6.07) is 9.31. The Kier molecular flexibility index (Phi) is 5.51. The van der Waals surface area contributed by atoms with Gasteiger partial charge in [-0.25, -0.2) is 4.79 Å². The summed E-state index contributed by atoms with van der Waals surface area (Å²) in [4.78, 5) is 23.5. The van der Waals surface area contributed by atoms with E-state index in [1.807, 2.05) is 31.2 Å². The average Bonchev–Trinajstić information content (AvgIpc) is 2.99. The highest BCUT2D eigenvalue weighted by Gasteiger charge is 2.16. The Hall–Kier alpha value is -2.63. The normalized spacial score (nSPS) is 11.8. The number of hydrogen-bond donors (Lipinski definition) is 1. The van der Waals surface area contributed by atoms with Crippen molar-refractivity contribution in [1.29, 1.82) is 0 Å². The topological polar surface area (TPSA) is 81.4 Å². The first-order valence-corrected chi connectivity index (χ1v) is 7.48. The monoisotopic (exact) mass is 316 g/mol. The maximum Gasteiger partial charge on any atom is 0.377 e. The maximum atomic E-state index is 11.9. The second-order valence-electron chi connectivity index (χ2n) is 5.29. The van der Waals surface area contributed by atoms with E-state index in [9.17, 15) is 9.59 Å². The quantitative estimate of drug-likeness (QED) is 0.828. The van der Waals surface area contributed by atoms with Gasteiger partial charge >= 0.3 is 5.97 Å². The van der Waals surface area contributed by atoms with Gasteiger partial charge in [-0.2, -0.15) is 0 Å². The fourth-order valence-corrected chi connectivity index (χ4v) is 2.07. The minimum Gasteiger partial charge on any atom is -0.450 e. The first-order valence-electron chi connectivity index (χ1n) is 7.48. The zero-order valence-electron chi connectivity index (χ0n) is 13.5. The van der Waals surface area contributed by atoms with Crippen LogP contribution in [0.3, 0.4) is 0 Å². The number of nitrogens with zero attached hydrogens (tertiary/aromatic N) is 1. The molecule has 0 unspecified atom stereocenters. The Balaban J connectivity index is 1.82. The smallest absolute Gasteiger partial charge is 0.377 e. The number of carbonyl (C=O) groups is 2.